The van der Waals surface area contributed by atoms with Crippen molar-refractivity contribution in [1.82, 2.24) is 9.80 Å². The number of carbonyl (C=O) groups excluding carboxylic acids is 1. The first-order valence-electron chi connectivity index (χ1n) is 7.71. The van der Waals surface area contributed by atoms with Crippen LogP contribution in [0.3, 0.4) is 0 Å². The van der Waals surface area contributed by atoms with E-state index in [1.807, 2.05) is 48.5 Å². The number of ether oxygens (including phenoxy) is 1. The van der Waals surface area contributed by atoms with Gasteiger partial charge in [-0.1, -0.05) is 41.9 Å². The molecule has 0 aliphatic carbocycles. The molecule has 0 saturated carbocycles. The first-order valence-corrected chi connectivity index (χ1v) is 8.49. The van der Waals surface area contributed by atoms with Crippen LogP contribution < -0.4 is 4.74 Å². The van der Waals surface area contributed by atoms with Crippen molar-refractivity contribution in [2.75, 3.05) is 14.1 Å². The Kier molecular flexibility index (Phi) is 5.06. The number of hydrogen-bond acceptors (Lipinski definition) is 3. The lowest BCUT2D eigenvalue weighted by Gasteiger charge is -2.12. The predicted molar refractivity (Wildman–Crippen MR) is 103 cm³/mol. The fraction of sp³-hybridized carbons (Fsp3) is 0.158. The van der Waals surface area contributed by atoms with E-state index in [0.29, 0.717) is 28.2 Å². The SMILES string of the molecule is CN1C(=O)C(=Cc2ccccc2OCc2ccc(Cl)cc2)N(C)C1=S. The zero-order valence-corrected chi connectivity index (χ0v) is 15.5. The van der Waals surface area contributed by atoms with Crippen molar-refractivity contribution in [3.05, 3.63) is 70.4 Å². The monoisotopic (exact) mass is 372 g/mol. The van der Waals surface area contributed by atoms with Crippen molar-refractivity contribution < 1.29 is 9.53 Å². The van der Waals surface area contributed by atoms with Gasteiger partial charge in [-0.05, 0) is 42.1 Å². The van der Waals surface area contributed by atoms with E-state index in [0.717, 1.165) is 11.1 Å². The van der Waals surface area contributed by atoms with Crippen LogP contribution in [0.1, 0.15) is 11.1 Å². The number of hydrogen-bond donors (Lipinski definition) is 0. The Morgan fingerprint density at radius 1 is 1.08 bits per heavy atom. The second-order valence-electron chi connectivity index (χ2n) is 5.69. The molecule has 128 valence electrons. The third-order valence-electron chi connectivity index (χ3n) is 3.98. The lowest BCUT2D eigenvalue weighted by Crippen LogP contribution is -2.26. The molecule has 1 aliphatic heterocycles. The van der Waals surface area contributed by atoms with Gasteiger partial charge in [-0.25, -0.2) is 0 Å². The number of amides is 1. The van der Waals surface area contributed by atoms with Crippen LogP contribution in [0.15, 0.2) is 54.2 Å². The number of benzene rings is 2. The summed E-state index contributed by atoms with van der Waals surface area (Å²) in [5.41, 5.74) is 2.36. The van der Waals surface area contributed by atoms with Gasteiger partial charge in [0.05, 0.1) is 0 Å². The standard InChI is InChI=1S/C19H17ClN2O2S/c1-21-16(18(23)22(2)19(21)25)11-14-5-3-4-6-17(14)24-12-13-7-9-15(20)10-8-13/h3-11H,12H2,1-2H3. The molecule has 1 fully saturated rings. The summed E-state index contributed by atoms with van der Waals surface area (Å²) in [5, 5.41) is 1.17. The molecule has 3 rings (SSSR count). The van der Waals surface area contributed by atoms with Crippen molar-refractivity contribution in [2.45, 2.75) is 6.61 Å². The zero-order chi connectivity index (χ0) is 18.0. The van der Waals surface area contributed by atoms with E-state index in [1.54, 1.807) is 25.1 Å². The third kappa shape index (κ3) is 3.67. The summed E-state index contributed by atoms with van der Waals surface area (Å²) in [6.45, 7) is 0.416. The van der Waals surface area contributed by atoms with E-state index < -0.39 is 0 Å². The number of carbonyl (C=O) groups is 1. The number of rotatable bonds is 4. The minimum atomic E-state index is -0.125. The van der Waals surface area contributed by atoms with Crippen molar-refractivity contribution in [3.63, 3.8) is 0 Å². The molecule has 1 heterocycles. The summed E-state index contributed by atoms with van der Waals surface area (Å²) in [7, 11) is 3.46. The highest BCUT2D eigenvalue weighted by Gasteiger charge is 2.32. The van der Waals surface area contributed by atoms with Gasteiger partial charge in [0, 0.05) is 24.7 Å². The van der Waals surface area contributed by atoms with Gasteiger partial charge < -0.3 is 9.64 Å². The van der Waals surface area contributed by atoms with E-state index in [4.69, 9.17) is 28.6 Å². The summed E-state index contributed by atoms with van der Waals surface area (Å²) in [6, 6.07) is 15.1. The second kappa shape index (κ2) is 7.25. The fourth-order valence-corrected chi connectivity index (χ4v) is 2.82. The summed E-state index contributed by atoms with van der Waals surface area (Å²) in [4.78, 5) is 15.5. The Hall–Kier alpha value is -2.37. The van der Waals surface area contributed by atoms with E-state index in [9.17, 15) is 4.79 Å². The average molecular weight is 373 g/mol. The highest BCUT2D eigenvalue weighted by atomic mass is 35.5. The largest absolute Gasteiger partial charge is 0.488 e. The molecule has 0 aromatic heterocycles. The quantitative estimate of drug-likeness (QED) is 0.601. The summed E-state index contributed by atoms with van der Waals surface area (Å²) < 4.78 is 5.93. The van der Waals surface area contributed by atoms with Gasteiger partial charge >= 0.3 is 0 Å². The van der Waals surface area contributed by atoms with E-state index in [1.165, 1.54) is 4.90 Å². The van der Waals surface area contributed by atoms with Gasteiger partial charge in [0.1, 0.15) is 18.1 Å². The van der Waals surface area contributed by atoms with E-state index in [-0.39, 0.29) is 5.91 Å². The van der Waals surface area contributed by atoms with Gasteiger partial charge in [-0.15, -0.1) is 0 Å². The molecule has 25 heavy (non-hydrogen) atoms. The maximum Gasteiger partial charge on any atom is 0.276 e. The Labute approximate surface area is 157 Å². The van der Waals surface area contributed by atoms with Crippen LogP contribution >= 0.6 is 23.8 Å². The summed E-state index contributed by atoms with van der Waals surface area (Å²) in [6.07, 6.45) is 1.80. The lowest BCUT2D eigenvalue weighted by atomic mass is 10.1. The van der Waals surface area contributed by atoms with Crippen LogP contribution in [0.5, 0.6) is 5.75 Å². The van der Waals surface area contributed by atoms with Crippen LogP contribution in [-0.4, -0.2) is 34.9 Å². The molecule has 2 aromatic carbocycles. The second-order valence-corrected chi connectivity index (χ2v) is 6.49. The van der Waals surface area contributed by atoms with Gasteiger partial charge in [-0.3, -0.25) is 9.69 Å². The first kappa shape index (κ1) is 17.5. The third-order valence-corrected chi connectivity index (χ3v) is 4.78. The highest BCUT2D eigenvalue weighted by Crippen LogP contribution is 2.26. The van der Waals surface area contributed by atoms with Gasteiger partial charge in [0.15, 0.2) is 5.11 Å². The molecule has 2 aromatic rings. The molecular weight excluding hydrogens is 356 g/mol. The molecule has 0 radical (unpaired) electrons. The molecule has 0 unspecified atom stereocenters. The molecule has 0 spiro atoms. The average Bonchev–Trinajstić information content (AvgIpc) is 2.80. The normalized spacial score (nSPS) is 16.0. The van der Waals surface area contributed by atoms with Gasteiger partial charge in [0.25, 0.3) is 5.91 Å². The van der Waals surface area contributed by atoms with Gasteiger partial charge in [0.2, 0.25) is 0 Å². The van der Waals surface area contributed by atoms with Gasteiger partial charge in [-0.2, -0.15) is 0 Å². The van der Waals surface area contributed by atoms with E-state index >= 15 is 0 Å². The minimum absolute atomic E-state index is 0.125. The maximum atomic E-state index is 12.3. The number of para-hydroxylation sites is 1. The molecular formula is C19H17ClN2O2S. The minimum Gasteiger partial charge on any atom is -0.488 e. The smallest absolute Gasteiger partial charge is 0.276 e. The lowest BCUT2D eigenvalue weighted by molar-refractivity contribution is -0.121. The number of nitrogens with zero attached hydrogens (tertiary/aromatic N) is 2. The van der Waals surface area contributed by atoms with Crippen LogP contribution in [0.25, 0.3) is 6.08 Å². The maximum absolute atomic E-state index is 12.3. The van der Waals surface area contributed by atoms with Crippen LogP contribution in [-0.2, 0) is 11.4 Å². The summed E-state index contributed by atoms with van der Waals surface area (Å²) >= 11 is 11.1. The van der Waals surface area contributed by atoms with Crippen LogP contribution in [0.2, 0.25) is 5.02 Å². The van der Waals surface area contributed by atoms with Crippen molar-refractivity contribution >= 4 is 40.9 Å². The number of halogens is 1. The molecule has 1 amide bonds. The zero-order valence-electron chi connectivity index (χ0n) is 13.9. The van der Waals surface area contributed by atoms with Crippen molar-refractivity contribution in [1.29, 1.82) is 0 Å². The van der Waals surface area contributed by atoms with E-state index in [2.05, 4.69) is 0 Å². The van der Waals surface area contributed by atoms with Crippen molar-refractivity contribution in [2.24, 2.45) is 0 Å². The fourth-order valence-electron chi connectivity index (χ4n) is 2.51. The number of thiocarbonyl (C=S) groups is 1. The highest BCUT2D eigenvalue weighted by molar-refractivity contribution is 7.80. The van der Waals surface area contributed by atoms with Crippen molar-refractivity contribution in [3.8, 4) is 5.75 Å². The van der Waals surface area contributed by atoms with Crippen LogP contribution in [0, 0.1) is 0 Å². The topological polar surface area (TPSA) is 32.8 Å². The molecule has 0 bridgehead atoms. The Morgan fingerprint density at radius 3 is 2.40 bits per heavy atom. The Morgan fingerprint density at radius 2 is 1.76 bits per heavy atom. The number of likely N-dealkylation sites (N-methyl/N-ethyl adjacent to an activating group) is 2. The molecule has 4 nitrogen and oxygen atoms in total. The molecule has 1 aliphatic rings. The van der Waals surface area contributed by atoms with Crippen LogP contribution in [0.4, 0.5) is 0 Å². The molecule has 1 saturated heterocycles. The molecule has 6 heteroatoms. The molecule has 0 atom stereocenters. The Balaban J connectivity index is 1.84. The Bertz CT molecular complexity index is 849. The molecule has 0 N–H and O–H groups in total. The summed E-state index contributed by atoms with van der Waals surface area (Å²) in [5.74, 6) is 0.576. The predicted octanol–water partition coefficient (Wildman–Crippen LogP) is 3.95. The first-order chi connectivity index (χ1) is 12.0.